The van der Waals surface area contributed by atoms with Crippen LogP contribution >= 0.6 is 0 Å². The van der Waals surface area contributed by atoms with E-state index in [1.54, 1.807) is 25.5 Å². The van der Waals surface area contributed by atoms with E-state index in [-0.39, 0.29) is 30.1 Å². The van der Waals surface area contributed by atoms with Crippen LogP contribution in [0.25, 0.3) is 22.1 Å². The Morgan fingerprint density at radius 2 is 1.93 bits per heavy atom. The number of amides is 1. The molecule has 0 bridgehead atoms. The molecule has 29 heavy (non-hydrogen) atoms. The maximum atomic E-state index is 12.1. The molecule has 0 unspecified atom stereocenters. The Bertz CT molecular complexity index is 1130. The molecule has 1 amide bonds. The van der Waals surface area contributed by atoms with E-state index in [2.05, 4.69) is 5.32 Å². The van der Waals surface area contributed by atoms with Gasteiger partial charge in [-0.2, -0.15) is 0 Å². The first-order chi connectivity index (χ1) is 13.9. The van der Waals surface area contributed by atoms with Crippen LogP contribution in [0.15, 0.2) is 53.1 Å². The highest BCUT2D eigenvalue weighted by atomic mass is 32.2. The summed E-state index contributed by atoms with van der Waals surface area (Å²) in [6, 6.07) is 12.7. The average molecular weight is 415 g/mol. The lowest BCUT2D eigenvalue weighted by Gasteiger charge is -2.11. The Labute approximate surface area is 168 Å². The van der Waals surface area contributed by atoms with Crippen LogP contribution in [-0.4, -0.2) is 45.6 Å². The van der Waals surface area contributed by atoms with Crippen molar-refractivity contribution in [3.63, 3.8) is 0 Å². The fourth-order valence-electron chi connectivity index (χ4n) is 3.42. The smallest absolute Gasteiger partial charge is 0.258 e. The van der Waals surface area contributed by atoms with E-state index in [1.807, 2.05) is 30.3 Å². The van der Waals surface area contributed by atoms with Crippen LogP contribution in [0, 0.1) is 0 Å². The first-order valence-electron chi connectivity index (χ1n) is 9.22. The molecule has 1 aliphatic rings. The topological polar surface area (TPSA) is 94.8 Å². The van der Waals surface area contributed by atoms with Gasteiger partial charge in [0.15, 0.2) is 16.4 Å². The Hall–Kier alpha value is -3.00. The summed E-state index contributed by atoms with van der Waals surface area (Å²) in [6.45, 7) is -0.183. The molecule has 0 saturated carbocycles. The summed E-state index contributed by atoms with van der Waals surface area (Å²) in [5, 5.41) is 3.58. The van der Waals surface area contributed by atoms with Crippen molar-refractivity contribution in [1.29, 1.82) is 0 Å². The highest BCUT2D eigenvalue weighted by Crippen LogP contribution is 2.33. The standard InChI is InChI=1S/C21H21NO6S/c1-26-16-4-2-14(3-5-16)19-11-28-20-7-6-17(10-18(19)20)27-12-21(23)22-15-8-9-29(24,25)13-15/h2-7,10-11,15H,8-9,12-13H2,1H3,(H,22,23)/t15-/m1/s1. The number of fused-ring (bicyclic) bond motifs is 1. The largest absolute Gasteiger partial charge is 0.497 e. The van der Waals surface area contributed by atoms with Gasteiger partial charge in [-0.15, -0.1) is 0 Å². The molecule has 1 aliphatic heterocycles. The number of hydrogen-bond donors (Lipinski definition) is 1. The van der Waals surface area contributed by atoms with Crippen molar-refractivity contribution in [2.24, 2.45) is 0 Å². The minimum atomic E-state index is -3.04. The Balaban J connectivity index is 1.45. The van der Waals surface area contributed by atoms with E-state index in [0.29, 0.717) is 17.8 Å². The zero-order valence-electron chi connectivity index (χ0n) is 15.9. The number of ether oxygens (including phenoxy) is 2. The molecule has 4 rings (SSSR count). The SMILES string of the molecule is COc1ccc(-c2coc3ccc(OCC(=O)N[C@@H]4CCS(=O)(=O)C4)cc23)cc1. The van der Waals surface area contributed by atoms with Crippen molar-refractivity contribution in [3.8, 4) is 22.6 Å². The number of furan rings is 1. The van der Waals surface area contributed by atoms with Gasteiger partial charge >= 0.3 is 0 Å². The number of benzene rings is 2. The molecule has 152 valence electrons. The second-order valence-electron chi connectivity index (χ2n) is 6.99. The third-order valence-corrected chi connectivity index (χ3v) is 6.68. The highest BCUT2D eigenvalue weighted by molar-refractivity contribution is 7.91. The second kappa shape index (κ2) is 7.79. The predicted octanol–water partition coefficient (Wildman–Crippen LogP) is 2.79. The first kappa shape index (κ1) is 19.3. The summed E-state index contributed by atoms with van der Waals surface area (Å²) in [5.74, 6) is 1.07. The zero-order valence-corrected chi connectivity index (χ0v) is 16.7. The van der Waals surface area contributed by atoms with E-state index in [9.17, 15) is 13.2 Å². The quantitative estimate of drug-likeness (QED) is 0.665. The number of nitrogens with one attached hydrogen (secondary N) is 1. The summed E-state index contributed by atoms with van der Waals surface area (Å²) in [4.78, 5) is 12.1. The van der Waals surface area contributed by atoms with Crippen molar-refractivity contribution in [1.82, 2.24) is 5.32 Å². The maximum Gasteiger partial charge on any atom is 0.258 e. The average Bonchev–Trinajstić information content (AvgIpc) is 3.28. The molecular weight excluding hydrogens is 394 g/mol. The van der Waals surface area contributed by atoms with Crippen LogP contribution in [0.1, 0.15) is 6.42 Å². The number of sulfone groups is 1. The maximum absolute atomic E-state index is 12.1. The normalized spacial score (nSPS) is 17.9. The molecule has 3 aromatic rings. The molecule has 1 fully saturated rings. The number of rotatable bonds is 6. The number of hydrogen-bond acceptors (Lipinski definition) is 6. The molecule has 0 spiro atoms. The molecule has 1 atom stereocenters. The van der Waals surface area contributed by atoms with Gasteiger partial charge in [0.25, 0.3) is 5.91 Å². The molecule has 8 heteroatoms. The third-order valence-electron chi connectivity index (χ3n) is 4.91. The molecule has 1 aromatic heterocycles. The van der Waals surface area contributed by atoms with Gasteiger partial charge < -0.3 is 19.2 Å². The lowest BCUT2D eigenvalue weighted by molar-refractivity contribution is -0.123. The summed E-state index contributed by atoms with van der Waals surface area (Å²) in [7, 11) is -1.42. The minimum Gasteiger partial charge on any atom is -0.497 e. The van der Waals surface area contributed by atoms with E-state index in [0.717, 1.165) is 22.3 Å². The molecule has 1 N–H and O–H groups in total. The van der Waals surface area contributed by atoms with Gasteiger partial charge in [0, 0.05) is 17.0 Å². The van der Waals surface area contributed by atoms with Crippen molar-refractivity contribution >= 4 is 26.7 Å². The zero-order chi connectivity index (χ0) is 20.4. The van der Waals surface area contributed by atoms with Crippen LogP contribution in [0.5, 0.6) is 11.5 Å². The van der Waals surface area contributed by atoms with Crippen LogP contribution in [0.4, 0.5) is 0 Å². The van der Waals surface area contributed by atoms with Gasteiger partial charge in [-0.3, -0.25) is 4.79 Å². The molecule has 2 heterocycles. The molecular formula is C21H21NO6S. The van der Waals surface area contributed by atoms with Gasteiger partial charge in [-0.1, -0.05) is 12.1 Å². The molecule has 2 aromatic carbocycles. The summed E-state index contributed by atoms with van der Waals surface area (Å²) in [6.07, 6.45) is 2.13. The van der Waals surface area contributed by atoms with Gasteiger partial charge in [0.1, 0.15) is 17.1 Å². The third kappa shape index (κ3) is 4.37. The number of methoxy groups -OCH3 is 1. The molecule has 0 radical (unpaired) electrons. The summed E-state index contributed by atoms with van der Waals surface area (Å²) in [5.41, 5.74) is 2.60. The van der Waals surface area contributed by atoms with Crippen LogP contribution in [0.2, 0.25) is 0 Å². The van der Waals surface area contributed by atoms with Gasteiger partial charge in [-0.05, 0) is 42.3 Å². The lowest BCUT2D eigenvalue weighted by atomic mass is 10.0. The van der Waals surface area contributed by atoms with E-state index < -0.39 is 9.84 Å². The predicted molar refractivity (Wildman–Crippen MR) is 109 cm³/mol. The van der Waals surface area contributed by atoms with Crippen LogP contribution in [-0.2, 0) is 14.6 Å². The van der Waals surface area contributed by atoms with Crippen molar-refractivity contribution in [2.45, 2.75) is 12.5 Å². The summed E-state index contributed by atoms with van der Waals surface area (Å²) < 4.78 is 39.4. The van der Waals surface area contributed by atoms with Crippen molar-refractivity contribution in [2.75, 3.05) is 25.2 Å². The summed E-state index contributed by atoms with van der Waals surface area (Å²) >= 11 is 0. The van der Waals surface area contributed by atoms with Crippen molar-refractivity contribution < 1.29 is 27.1 Å². The van der Waals surface area contributed by atoms with E-state index in [4.69, 9.17) is 13.9 Å². The Morgan fingerprint density at radius 1 is 1.17 bits per heavy atom. The van der Waals surface area contributed by atoms with E-state index >= 15 is 0 Å². The number of carbonyl (C=O) groups excluding carboxylic acids is 1. The molecule has 1 saturated heterocycles. The minimum absolute atomic E-state index is 0.00899. The van der Waals surface area contributed by atoms with Gasteiger partial charge in [0.2, 0.25) is 0 Å². The Kier molecular flexibility index (Phi) is 5.19. The van der Waals surface area contributed by atoms with Crippen LogP contribution in [0.3, 0.4) is 0 Å². The monoisotopic (exact) mass is 415 g/mol. The van der Waals surface area contributed by atoms with Gasteiger partial charge in [0.05, 0.1) is 24.9 Å². The molecule has 7 nitrogen and oxygen atoms in total. The lowest BCUT2D eigenvalue weighted by Crippen LogP contribution is -2.38. The highest BCUT2D eigenvalue weighted by Gasteiger charge is 2.28. The fourth-order valence-corrected chi connectivity index (χ4v) is 5.09. The van der Waals surface area contributed by atoms with Gasteiger partial charge in [-0.25, -0.2) is 8.42 Å². The van der Waals surface area contributed by atoms with Crippen LogP contribution < -0.4 is 14.8 Å². The van der Waals surface area contributed by atoms with Crippen molar-refractivity contribution in [3.05, 3.63) is 48.7 Å². The Morgan fingerprint density at radius 3 is 2.62 bits per heavy atom. The first-order valence-corrected chi connectivity index (χ1v) is 11.0. The fraction of sp³-hybridized carbons (Fsp3) is 0.286. The van der Waals surface area contributed by atoms with E-state index in [1.165, 1.54) is 0 Å². The molecule has 0 aliphatic carbocycles. The number of carbonyl (C=O) groups is 1. The second-order valence-corrected chi connectivity index (χ2v) is 9.22.